The smallest absolute Gasteiger partial charge is 0.224 e. The first-order valence-corrected chi connectivity index (χ1v) is 7.64. The van der Waals surface area contributed by atoms with E-state index in [1.54, 1.807) is 0 Å². The number of carbonyl (C=O) groups is 1. The van der Waals surface area contributed by atoms with Crippen molar-refractivity contribution in [1.82, 2.24) is 5.32 Å². The molecule has 108 valence electrons. The zero-order valence-corrected chi connectivity index (χ0v) is 12.7. The van der Waals surface area contributed by atoms with Gasteiger partial charge in [0.15, 0.2) is 0 Å². The molecule has 0 saturated carbocycles. The number of alkyl halides is 1. The molecule has 2 atom stereocenters. The predicted molar refractivity (Wildman–Crippen MR) is 85.6 cm³/mol. The van der Waals surface area contributed by atoms with Crippen LogP contribution < -0.4 is 5.32 Å². The summed E-state index contributed by atoms with van der Waals surface area (Å²) in [6.45, 7) is 2.03. The fourth-order valence-corrected chi connectivity index (χ4v) is 3.29. The molecule has 0 heterocycles. The number of fused-ring (bicyclic) bond motifs is 1. The maximum Gasteiger partial charge on any atom is 0.224 e. The molecule has 2 aromatic carbocycles. The molecule has 2 nitrogen and oxygen atoms in total. The molecule has 0 radical (unpaired) electrons. The van der Waals surface area contributed by atoms with Crippen LogP contribution in [-0.2, 0) is 17.6 Å². The molecule has 1 amide bonds. The highest BCUT2D eigenvalue weighted by Gasteiger charge is 2.31. The first kappa shape index (κ1) is 14.2. The van der Waals surface area contributed by atoms with E-state index >= 15 is 0 Å². The monoisotopic (exact) mass is 299 g/mol. The van der Waals surface area contributed by atoms with Crippen LogP contribution in [0.4, 0.5) is 0 Å². The molecule has 2 aromatic rings. The molecule has 0 bridgehead atoms. The summed E-state index contributed by atoms with van der Waals surface area (Å²) in [4.78, 5) is 12.3. The zero-order valence-electron chi connectivity index (χ0n) is 12.0. The van der Waals surface area contributed by atoms with Crippen molar-refractivity contribution < 1.29 is 4.79 Å². The Balaban J connectivity index is 1.72. The van der Waals surface area contributed by atoms with Gasteiger partial charge in [-0.25, -0.2) is 0 Å². The van der Waals surface area contributed by atoms with Crippen molar-refractivity contribution in [3.05, 3.63) is 70.8 Å². The average Bonchev–Trinajstić information content (AvgIpc) is 2.78. The van der Waals surface area contributed by atoms with Gasteiger partial charge in [-0.3, -0.25) is 4.79 Å². The van der Waals surface area contributed by atoms with Crippen molar-refractivity contribution >= 4 is 17.5 Å². The van der Waals surface area contributed by atoms with Crippen molar-refractivity contribution in [2.24, 2.45) is 0 Å². The maximum absolute atomic E-state index is 12.3. The van der Waals surface area contributed by atoms with Gasteiger partial charge in [-0.05, 0) is 35.6 Å². The SMILES string of the molecule is Cc1ccccc1CC(=O)NC1c2ccccc2CC1Cl. The second kappa shape index (κ2) is 5.90. The van der Waals surface area contributed by atoms with Gasteiger partial charge >= 0.3 is 0 Å². The normalized spacial score (nSPS) is 20.1. The third-order valence-electron chi connectivity index (χ3n) is 4.10. The van der Waals surface area contributed by atoms with Gasteiger partial charge in [-0.15, -0.1) is 11.6 Å². The number of hydrogen-bond donors (Lipinski definition) is 1. The topological polar surface area (TPSA) is 29.1 Å². The number of rotatable bonds is 3. The molecule has 1 aliphatic carbocycles. The Morgan fingerprint density at radius 1 is 1.19 bits per heavy atom. The van der Waals surface area contributed by atoms with E-state index in [1.807, 2.05) is 43.3 Å². The van der Waals surface area contributed by atoms with Gasteiger partial charge in [0.05, 0.1) is 17.8 Å². The number of aryl methyl sites for hydroxylation is 1. The fourth-order valence-electron chi connectivity index (χ4n) is 2.92. The van der Waals surface area contributed by atoms with Gasteiger partial charge in [0.25, 0.3) is 0 Å². The maximum atomic E-state index is 12.3. The van der Waals surface area contributed by atoms with Gasteiger partial charge in [0, 0.05) is 0 Å². The summed E-state index contributed by atoms with van der Waals surface area (Å²) in [5.74, 6) is 0.0247. The first-order valence-electron chi connectivity index (χ1n) is 7.21. The molecule has 0 spiro atoms. The molecule has 0 aromatic heterocycles. The highest BCUT2D eigenvalue weighted by atomic mass is 35.5. The fraction of sp³-hybridized carbons (Fsp3) is 0.278. The van der Waals surface area contributed by atoms with E-state index in [-0.39, 0.29) is 17.3 Å². The predicted octanol–water partition coefficient (Wildman–Crippen LogP) is 3.56. The largest absolute Gasteiger partial charge is 0.347 e. The van der Waals surface area contributed by atoms with Crippen LogP contribution in [0.2, 0.25) is 0 Å². The molecule has 3 rings (SSSR count). The lowest BCUT2D eigenvalue weighted by Crippen LogP contribution is -2.33. The van der Waals surface area contributed by atoms with E-state index in [4.69, 9.17) is 11.6 Å². The Hall–Kier alpha value is -1.80. The van der Waals surface area contributed by atoms with Crippen molar-refractivity contribution in [2.45, 2.75) is 31.2 Å². The molecule has 21 heavy (non-hydrogen) atoms. The molecule has 0 aliphatic heterocycles. The van der Waals surface area contributed by atoms with Crippen molar-refractivity contribution in [3.8, 4) is 0 Å². The molecule has 1 aliphatic rings. The molecule has 0 saturated heterocycles. The van der Waals surface area contributed by atoms with Crippen LogP contribution in [0.25, 0.3) is 0 Å². The second-order valence-electron chi connectivity index (χ2n) is 5.57. The van der Waals surface area contributed by atoms with E-state index < -0.39 is 0 Å². The second-order valence-corrected chi connectivity index (χ2v) is 6.13. The summed E-state index contributed by atoms with van der Waals surface area (Å²) in [6.07, 6.45) is 1.21. The lowest BCUT2D eigenvalue weighted by molar-refractivity contribution is -0.121. The number of benzene rings is 2. The van der Waals surface area contributed by atoms with Crippen LogP contribution in [-0.4, -0.2) is 11.3 Å². The van der Waals surface area contributed by atoms with Crippen LogP contribution >= 0.6 is 11.6 Å². The third-order valence-corrected chi connectivity index (χ3v) is 4.50. The van der Waals surface area contributed by atoms with Crippen LogP contribution in [0.3, 0.4) is 0 Å². The lowest BCUT2D eigenvalue weighted by Gasteiger charge is -2.18. The minimum Gasteiger partial charge on any atom is -0.347 e. The number of halogens is 1. The minimum atomic E-state index is -0.0839. The molecule has 0 fully saturated rings. The first-order chi connectivity index (χ1) is 10.1. The minimum absolute atomic E-state index is 0.0247. The highest BCUT2D eigenvalue weighted by Crippen LogP contribution is 2.34. The lowest BCUT2D eigenvalue weighted by atomic mass is 10.0. The summed E-state index contributed by atoms with van der Waals surface area (Å²) in [7, 11) is 0. The van der Waals surface area contributed by atoms with E-state index in [0.29, 0.717) is 6.42 Å². The number of hydrogen-bond acceptors (Lipinski definition) is 1. The van der Waals surface area contributed by atoms with Crippen molar-refractivity contribution in [3.63, 3.8) is 0 Å². The Bertz CT molecular complexity index is 668. The quantitative estimate of drug-likeness (QED) is 0.863. The summed E-state index contributed by atoms with van der Waals surface area (Å²) in [5.41, 5.74) is 4.59. The van der Waals surface area contributed by atoms with Gasteiger partial charge in [-0.1, -0.05) is 48.5 Å². The van der Waals surface area contributed by atoms with E-state index in [0.717, 1.165) is 23.1 Å². The van der Waals surface area contributed by atoms with E-state index in [2.05, 4.69) is 17.4 Å². The Labute approximate surface area is 130 Å². The zero-order chi connectivity index (χ0) is 14.8. The summed E-state index contributed by atoms with van der Waals surface area (Å²) >= 11 is 6.41. The number of amides is 1. The van der Waals surface area contributed by atoms with E-state index in [9.17, 15) is 4.79 Å². The molecular weight excluding hydrogens is 282 g/mol. The standard InChI is InChI=1S/C18H18ClNO/c1-12-6-2-3-7-13(12)11-17(21)20-18-15-9-5-4-8-14(15)10-16(18)19/h2-9,16,18H,10-11H2,1H3,(H,20,21). The van der Waals surface area contributed by atoms with Crippen LogP contribution in [0, 0.1) is 6.92 Å². The van der Waals surface area contributed by atoms with Gasteiger partial charge in [0.2, 0.25) is 5.91 Å². The average molecular weight is 300 g/mol. The summed E-state index contributed by atoms with van der Waals surface area (Å²) < 4.78 is 0. The Morgan fingerprint density at radius 3 is 2.71 bits per heavy atom. The van der Waals surface area contributed by atoms with Crippen LogP contribution in [0.15, 0.2) is 48.5 Å². The molecular formula is C18H18ClNO. The van der Waals surface area contributed by atoms with E-state index in [1.165, 1.54) is 5.56 Å². The molecule has 1 N–H and O–H groups in total. The molecule has 3 heteroatoms. The Kier molecular flexibility index (Phi) is 3.98. The van der Waals surface area contributed by atoms with Gasteiger partial charge < -0.3 is 5.32 Å². The highest BCUT2D eigenvalue weighted by molar-refractivity contribution is 6.21. The van der Waals surface area contributed by atoms with Gasteiger partial charge in [0.1, 0.15) is 0 Å². The Morgan fingerprint density at radius 2 is 1.90 bits per heavy atom. The van der Waals surface area contributed by atoms with Crippen molar-refractivity contribution in [2.75, 3.05) is 0 Å². The van der Waals surface area contributed by atoms with Gasteiger partial charge in [-0.2, -0.15) is 0 Å². The van der Waals surface area contributed by atoms with Crippen molar-refractivity contribution in [1.29, 1.82) is 0 Å². The van der Waals surface area contributed by atoms with Crippen LogP contribution in [0.1, 0.15) is 28.3 Å². The molecule has 2 unspecified atom stereocenters. The summed E-state index contributed by atoms with van der Waals surface area (Å²) in [6, 6.07) is 16.0. The number of nitrogens with one attached hydrogen (secondary N) is 1. The van der Waals surface area contributed by atoms with Crippen LogP contribution in [0.5, 0.6) is 0 Å². The number of carbonyl (C=O) groups excluding carboxylic acids is 1. The third kappa shape index (κ3) is 2.96. The summed E-state index contributed by atoms with van der Waals surface area (Å²) in [5, 5.41) is 3.02.